The van der Waals surface area contributed by atoms with Crippen molar-refractivity contribution in [3.63, 3.8) is 0 Å². The van der Waals surface area contributed by atoms with Crippen LogP contribution in [-0.2, 0) is 27.2 Å². The molecule has 0 radical (unpaired) electrons. The zero-order valence-electron chi connectivity index (χ0n) is 19.5. The summed E-state index contributed by atoms with van der Waals surface area (Å²) in [4.78, 5) is 29.4. The number of methoxy groups -OCH3 is 1. The molecule has 1 atom stereocenters. The van der Waals surface area contributed by atoms with Crippen molar-refractivity contribution in [1.29, 1.82) is 0 Å². The number of hydrogen-bond donors (Lipinski definition) is 3. The molecule has 9 heteroatoms. The molecule has 0 saturated heterocycles. The van der Waals surface area contributed by atoms with Crippen LogP contribution in [0, 0.1) is 0 Å². The molecule has 8 nitrogen and oxygen atoms in total. The smallest absolute Gasteiger partial charge is 0.326 e. The highest BCUT2D eigenvalue weighted by Gasteiger charge is 2.19. The maximum Gasteiger partial charge on any atom is 0.326 e. The maximum absolute atomic E-state index is 11.3. The number of aryl methyl sites for hydroxylation is 2. The van der Waals surface area contributed by atoms with Crippen LogP contribution in [0.15, 0.2) is 12.1 Å². The van der Waals surface area contributed by atoms with Gasteiger partial charge < -0.3 is 25.4 Å². The van der Waals surface area contributed by atoms with Gasteiger partial charge in [-0.2, -0.15) is 0 Å². The Hall–Kier alpha value is -2.26. The molecule has 1 aromatic heterocycles. The number of carbonyl (C=O) groups is 2. The predicted octanol–water partition coefficient (Wildman–Crippen LogP) is 2.52. The number of hydrogen-bond acceptors (Lipinski definition) is 6. The zero-order chi connectivity index (χ0) is 23.6. The number of amides is 1. The Bertz CT molecular complexity index is 646. The first-order valence-corrected chi connectivity index (χ1v) is 10.7. The fourth-order valence-corrected chi connectivity index (χ4v) is 3.18. The number of rotatable bonds is 15. The van der Waals surface area contributed by atoms with Gasteiger partial charge in [0.15, 0.2) is 0 Å². The second-order valence-electron chi connectivity index (χ2n) is 7.09. The highest BCUT2D eigenvalue weighted by atomic mass is 19.1. The van der Waals surface area contributed by atoms with E-state index >= 15 is 0 Å². The number of anilines is 1. The van der Waals surface area contributed by atoms with Gasteiger partial charge in [-0.3, -0.25) is 9.18 Å². The third-order valence-electron chi connectivity index (χ3n) is 4.83. The number of halogens is 1. The predicted molar refractivity (Wildman–Crippen MR) is 121 cm³/mol. The van der Waals surface area contributed by atoms with Crippen molar-refractivity contribution in [2.45, 2.75) is 52.0 Å². The van der Waals surface area contributed by atoms with Gasteiger partial charge in [-0.25, -0.2) is 9.78 Å². The first-order chi connectivity index (χ1) is 14.9. The van der Waals surface area contributed by atoms with Crippen molar-refractivity contribution < 1.29 is 23.8 Å². The Labute approximate surface area is 185 Å². The molecule has 1 heterocycles. The lowest BCUT2D eigenvalue weighted by Gasteiger charge is -2.24. The second-order valence-corrected chi connectivity index (χ2v) is 7.09. The van der Waals surface area contributed by atoms with Gasteiger partial charge in [0.25, 0.3) is 0 Å². The van der Waals surface area contributed by atoms with Crippen LogP contribution >= 0.6 is 0 Å². The zero-order valence-corrected chi connectivity index (χ0v) is 19.5. The highest BCUT2D eigenvalue weighted by Crippen LogP contribution is 2.15. The number of carboxylic acid groups (broad SMARTS) is 1. The number of aromatic nitrogens is 1. The van der Waals surface area contributed by atoms with E-state index in [4.69, 9.17) is 4.74 Å². The summed E-state index contributed by atoms with van der Waals surface area (Å²) in [6, 6.07) is 3.36. The highest BCUT2D eigenvalue weighted by molar-refractivity contribution is 5.81. The van der Waals surface area contributed by atoms with E-state index in [1.54, 1.807) is 7.11 Å². The Morgan fingerprint density at radius 1 is 1.23 bits per heavy atom. The lowest BCUT2D eigenvalue weighted by molar-refractivity contribution is -0.141. The summed E-state index contributed by atoms with van der Waals surface area (Å²) >= 11 is 0. The summed E-state index contributed by atoms with van der Waals surface area (Å²) in [5, 5.41) is 14.9. The SMILES string of the molecule is CCc1ccc(CCCCN(CCOC)CCC(NC(C)=O)C(=O)O)nc1NC.CF. The fraction of sp³-hybridized carbons (Fsp3) is 0.682. The van der Waals surface area contributed by atoms with Gasteiger partial charge in [-0.15, -0.1) is 0 Å². The van der Waals surface area contributed by atoms with Crippen LogP contribution < -0.4 is 10.6 Å². The van der Waals surface area contributed by atoms with Crippen LogP contribution in [0.1, 0.15) is 44.4 Å². The van der Waals surface area contributed by atoms with Crippen LogP contribution in [0.2, 0.25) is 0 Å². The number of pyridine rings is 1. The van der Waals surface area contributed by atoms with E-state index in [0.717, 1.165) is 50.3 Å². The number of carbonyl (C=O) groups excluding carboxylic acids is 1. The van der Waals surface area contributed by atoms with Crippen LogP contribution in [-0.4, -0.2) is 80.5 Å². The Morgan fingerprint density at radius 3 is 2.48 bits per heavy atom. The molecular formula is C22H39FN4O4. The molecular weight excluding hydrogens is 403 g/mol. The molecule has 3 N–H and O–H groups in total. The molecule has 1 unspecified atom stereocenters. The number of unbranched alkanes of at least 4 members (excludes halogenated alkanes) is 1. The molecule has 0 bridgehead atoms. The lowest BCUT2D eigenvalue weighted by atomic mass is 10.1. The molecule has 0 spiro atoms. The number of carboxylic acids is 1. The van der Waals surface area contributed by atoms with Crippen molar-refractivity contribution >= 4 is 17.7 Å². The van der Waals surface area contributed by atoms with Gasteiger partial charge >= 0.3 is 5.97 Å². The largest absolute Gasteiger partial charge is 0.480 e. The summed E-state index contributed by atoms with van der Waals surface area (Å²) < 4.78 is 14.7. The third-order valence-corrected chi connectivity index (χ3v) is 4.83. The van der Waals surface area contributed by atoms with Crippen molar-refractivity contribution in [2.24, 2.45) is 0 Å². The molecule has 0 saturated carbocycles. The fourth-order valence-electron chi connectivity index (χ4n) is 3.18. The summed E-state index contributed by atoms with van der Waals surface area (Å²) in [6.45, 7) is 6.21. The molecule has 0 aliphatic carbocycles. The van der Waals surface area contributed by atoms with Crippen molar-refractivity contribution in [2.75, 3.05) is 52.9 Å². The third kappa shape index (κ3) is 12.2. The topological polar surface area (TPSA) is 104 Å². The van der Waals surface area contributed by atoms with Crippen LogP contribution in [0.4, 0.5) is 10.2 Å². The summed E-state index contributed by atoms with van der Waals surface area (Å²) in [5.74, 6) is -0.387. The maximum atomic E-state index is 11.3. The van der Waals surface area contributed by atoms with Crippen LogP contribution in [0.25, 0.3) is 0 Å². The van der Waals surface area contributed by atoms with E-state index in [2.05, 4.69) is 39.6 Å². The minimum absolute atomic E-state index is 0.330. The molecule has 0 aromatic carbocycles. The van der Waals surface area contributed by atoms with E-state index in [1.165, 1.54) is 12.5 Å². The Kier molecular flexibility index (Phi) is 16.2. The lowest BCUT2D eigenvalue weighted by Crippen LogP contribution is -2.42. The average molecular weight is 443 g/mol. The van der Waals surface area contributed by atoms with E-state index in [0.29, 0.717) is 26.7 Å². The van der Waals surface area contributed by atoms with E-state index in [1.807, 2.05) is 7.05 Å². The summed E-state index contributed by atoms with van der Waals surface area (Å²) in [7, 11) is 4.05. The van der Waals surface area contributed by atoms with Gasteiger partial charge in [0.1, 0.15) is 11.9 Å². The monoisotopic (exact) mass is 442 g/mol. The quantitative estimate of drug-likeness (QED) is 0.359. The molecule has 1 aromatic rings. The number of nitrogens with one attached hydrogen (secondary N) is 2. The van der Waals surface area contributed by atoms with Gasteiger partial charge in [0.05, 0.1) is 13.8 Å². The Morgan fingerprint density at radius 2 is 1.94 bits per heavy atom. The summed E-state index contributed by atoms with van der Waals surface area (Å²) in [6.07, 6.45) is 4.20. The minimum atomic E-state index is -1.01. The van der Waals surface area contributed by atoms with Crippen molar-refractivity contribution in [1.82, 2.24) is 15.2 Å². The molecule has 178 valence electrons. The first kappa shape index (κ1) is 28.7. The molecule has 1 amide bonds. The first-order valence-electron chi connectivity index (χ1n) is 10.7. The normalized spacial score (nSPS) is 11.5. The number of ether oxygens (including phenoxy) is 1. The van der Waals surface area contributed by atoms with Crippen molar-refractivity contribution in [3.05, 3.63) is 23.4 Å². The second kappa shape index (κ2) is 17.4. The standard InChI is InChI=1S/C21H36N4O4.CH3F/c1-5-17-9-10-18(24-20(17)22-3)8-6-7-12-25(14-15-29-4)13-11-19(21(27)28)23-16(2)26;1-2/h9-10,19H,5-8,11-15H2,1-4H3,(H,22,24)(H,23,26)(H,27,28);1H3. The van der Waals surface area contributed by atoms with E-state index < -0.39 is 12.0 Å². The van der Waals surface area contributed by atoms with E-state index in [9.17, 15) is 19.1 Å². The van der Waals surface area contributed by atoms with Gasteiger partial charge in [0.2, 0.25) is 5.91 Å². The van der Waals surface area contributed by atoms with E-state index in [-0.39, 0.29) is 5.91 Å². The summed E-state index contributed by atoms with van der Waals surface area (Å²) in [5.41, 5.74) is 2.29. The van der Waals surface area contributed by atoms with Gasteiger partial charge in [-0.05, 0) is 50.3 Å². The minimum Gasteiger partial charge on any atom is -0.480 e. The van der Waals surface area contributed by atoms with Crippen molar-refractivity contribution in [3.8, 4) is 0 Å². The van der Waals surface area contributed by atoms with Gasteiger partial charge in [0, 0.05) is 39.9 Å². The van der Waals surface area contributed by atoms with Gasteiger partial charge in [-0.1, -0.05) is 13.0 Å². The molecule has 0 aliphatic heterocycles. The molecule has 0 aliphatic rings. The number of nitrogens with zero attached hydrogens (tertiary/aromatic N) is 2. The number of aliphatic carboxylic acids is 1. The molecule has 31 heavy (non-hydrogen) atoms. The Balaban J connectivity index is 0.00000436. The van der Waals surface area contributed by atoms with Crippen LogP contribution in [0.5, 0.6) is 0 Å². The molecule has 0 fully saturated rings. The van der Waals surface area contributed by atoms with Crippen LogP contribution in [0.3, 0.4) is 0 Å². The average Bonchev–Trinajstić information content (AvgIpc) is 2.77. The molecule has 1 rings (SSSR count). The number of alkyl halides is 1.